The molecule has 0 heterocycles. The topological polar surface area (TPSA) is 21.3 Å². The molecule has 100 valence electrons. The van der Waals surface area contributed by atoms with Crippen LogP contribution in [0.25, 0.3) is 0 Å². The molecule has 1 aliphatic rings. The van der Waals surface area contributed by atoms with Crippen LogP contribution in [0.3, 0.4) is 0 Å². The van der Waals surface area contributed by atoms with Gasteiger partial charge < -0.3 is 10.1 Å². The minimum atomic E-state index is 0.421. The normalized spacial score (nSPS) is 17.4. The van der Waals surface area contributed by atoms with Crippen molar-refractivity contribution in [2.45, 2.75) is 58.1 Å². The van der Waals surface area contributed by atoms with Crippen molar-refractivity contribution in [3.8, 4) is 5.75 Å². The van der Waals surface area contributed by atoms with Crippen LogP contribution in [0, 0.1) is 6.92 Å². The number of benzene rings is 1. The van der Waals surface area contributed by atoms with Gasteiger partial charge in [0.2, 0.25) is 0 Å². The monoisotopic (exact) mass is 247 g/mol. The van der Waals surface area contributed by atoms with Crippen LogP contribution in [0.4, 0.5) is 0 Å². The minimum absolute atomic E-state index is 0.421. The molecule has 0 amide bonds. The highest BCUT2D eigenvalue weighted by molar-refractivity contribution is 5.40. The summed E-state index contributed by atoms with van der Waals surface area (Å²) in [5.41, 5.74) is 2.54. The molecule has 0 unspecified atom stereocenters. The lowest BCUT2D eigenvalue weighted by Crippen LogP contribution is -2.18. The van der Waals surface area contributed by atoms with E-state index in [1.165, 1.54) is 49.7 Å². The molecular weight excluding hydrogens is 222 g/mol. The maximum Gasteiger partial charge on any atom is 0.127 e. The van der Waals surface area contributed by atoms with Gasteiger partial charge in [0.25, 0.3) is 0 Å². The van der Waals surface area contributed by atoms with Gasteiger partial charge in [-0.2, -0.15) is 0 Å². The van der Waals surface area contributed by atoms with Gasteiger partial charge in [-0.25, -0.2) is 0 Å². The summed E-state index contributed by atoms with van der Waals surface area (Å²) in [7, 11) is 1.98. The van der Waals surface area contributed by atoms with Crippen molar-refractivity contribution < 1.29 is 4.74 Å². The lowest BCUT2D eigenvalue weighted by Gasteiger charge is -2.21. The van der Waals surface area contributed by atoms with E-state index < -0.39 is 0 Å². The highest BCUT2D eigenvalue weighted by Crippen LogP contribution is 2.28. The quantitative estimate of drug-likeness (QED) is 0.817. The van der Waals surface area contributed by atoms with E-state index in [9.17, 15) is 0 Å². The molecule has 0 aromatic heterocycles. The van der Waals surface area contributed by atoms with Gasteiger partial charge in [0.15, 0.2) is 0 Å². The average Bonchev–Trinajstić information content (AvgIpc) is 2.62. The van der Waals surface area contributed by atoms with Gasteiger partial charge in [-0.3, -0.25) is 0 Å². The fourth-order valence-corrected chi connectivity index (χ4v) is 2.74. The zero-order valence-corrected chi connectivity index (χ0v) is 11.7. The lowest BCUT2D eigenvalue weighted by molar-refractivity contribution is 0.180. The van der Waals surface area contributed by atoms with Crippen molar-refractivity contribution in [1.29, 1.82) is 0 Å². The Bertz CT molecular complexity index is 367. The Labute approximate surface area is 111 Å². The second-order valence-corrected chi connectivity index (χ2v) is 5.32. The fraction of sp³-hybridized carbons (Fsp3) is 0.625. The smallest absolute Gasteiger partial charge is 0.127 e. The molecule has 1 N–H and O–H groups in total. The Kier molecular flexibility index (Phi) is 5.06. The molecular formula is C16H25NO. The van der Waals surface area contributed by atoms with Gasteiger partial charge in [-0.15, -0.1) is 0 Å². The highest BCUT2D eigenvalue weighted by atomic mass is 16.5. The first-order chi connectivity index (χ1) is 8.81. The van der Waals surface area contributed by atoms with Crippen molar-refractivity contribution >= 4 is 0 Å². The summed E-state index contributed by atoms with van der Waals surface area (Å²) in [4.78, 5) is 0. The van der Waals surface area contributed by atoms with Gasteiger partial charge >= 0.3 is 0 Å². The summed E-state index contributed by atoms with van der Waals surface area (Å²) >= 11 is 0. The van der Waals surface area contributed by atoms with Crippen LogP contribution in [0.2, 0.25) is 0 Å². The van der Waals surface area contributed by atoms with Crippen LogP contribution in [0.1, 0.15) is 49.7 Å². The summed E-state index contributed by atoms with van der Waals surface area (Å²) < 4.78 is 6.31. The van der Waals surface area contributed by atoms with Crippen LogP contribution >= 0.6 is 0 Å². The third kappa shape index (κ3) is 3.49. The van der Waals surface area contributed by atoms with Crippen molar-refractivity contribution in [2.75, 3.05) is 7.05 Å². The Balaban J connectivity index is 2.10. The van der Waals surface area contributed by atoms with Gasteiger partial charge in [0, 0.05) is 12.1 Å². The van der Waals surface area contributed by atoms with E-state index in [1.807, 2.05) is 7.05 Å². The van der Waals surface area contributed by atoms with Gasteiger partial charge in [-0.05, 0) is 45.2 Å². The first-order valence-electron chi connectivity index (χ1n) is 7.21. The van der Waals surface area contributed by atoms with Gasteiger partial charge in [-0.1, -0.05) is 31.0 Å². The third-order valence-electron chi connectivity index (χ3n) is 3.75. The highest BCUT2D eigenvalue weighted by Gasteiger charge is 2.16. The average molecular weight is 247 g/mol. The number of rotatable bonds is 4. The van der Waals surface area contributed by atoms with Crippen LogP contribution in [0.15, 0.2) is 18.2 Å². The Morgan fingerprint density at radius 2 is 1.89 bits per heavy atom. The SMILES string of the molecule is CNCc1cccc(C)c1OC1CCCCCC1. The second kappa shape index (κ2) is 6.79. The number of para-hydroxylation sites is 1. The number of hydrogen-bond acceptors (Lipinski definition) is 2. The van der Waals surface area contributed by atoms with Crippen LogP contribution in [0.5, 0.6) is 5.75 Å². The molecule has 1 saturated carbocycles. The molecule has 2 nitrogen and oxygen atoms in total. The zero-order chi connectivity index (χ0) is 12.8. The van der Waals surface area contributed by atoms with Crippen LogP contribution in [-0.4, -0.2) is 13.2 Å². The molecule has 0 radical (unpaired) electrons. The number of ether oxygens (including phenoxy) is 1. The van der Waals surface area contributed by atoms with E-state index in [4.69, 9.17) is 4.74 Å². The summed E-state index contributed by atoms with van der Waals surface area (Å²) in [6.45, 7) is 3.02. The molecule has 1 fully saturated rings. The largest absolute Gasteiger partial charge is 0.490 e. The fourth-order valence-electron chi connectivity index (χ4n) is 2.74. The third-order valence-corrected chi connectivity index (χ3v) is 3.75. The summed E-state index contributed by atoms with van der Waals surface area (Å²) in [6, 6.07) is 6.42. The molecule has 1 aromatic rings. The maximum absolute atomic E-state index is 6.31. The van der Waals surface area contributed by atoms with Crippen molar-refractivity contribution in [2.24, 2.45) is 0 Å². The Morgan fingerprint density at radius 1 is 1.17 bits per heavy atom. The molecule has 0 spiro atoms. The zero-order valence-electron chi connectivity index (χ0n) is 11.7. The van der Waals surface area contributed by atoms with E-state index in [0.717, 1.165) is 12.3 Å². The van der Waals surface area contributed by atoms with Crippen molar-refractivity contribution in [1.82, 2.24) is 5.32 Å². The first kappa shape index (κ1) is 13.4. The lowest BCUT2D eigenvalue weighted by atomic mass is 10.1. The van der Waals surface area contributed by atoms with Crippen molar-refractivity contribution in [3.63, 3.8) is 0 Å². The second-order valence-electron chi connectivity index (χ2n) is 5.32. The Hall–Kier alpha value is -1.02. The van der Waals surface area contributed by atoms with E-state index in [1.54, 1.807) is 0 Å². The molecule has 0 saturated heterocycles. The molecule has 0 atom stereocenters. The minimum Gasteiger partial charge on any atom is -0.490 e. The maximum atomic E-state index is 6.31. The molecule has 18 heavy (non-hydrogen) atoms. The van der Waals surface area contributed by atoms with E-state index >= 15 is 0 Å². The van der Waals surface area contributed by atoms with Gasteiger partial charge in [0.1, 0.15) is 5.75 Å². The van der Waals surface area contributed by atoms with Crippen LogP contribution < -0.4 is 10.1 Å². The van der Waals surface area contributed by atoms with Crippen LogP contribution in [-0.2, 0) is 6.54 Å². The molecule has 2 heteroatoms. The molecule has 2 rings (SSSR count). The first-order valence-corrected chi connectivity index (χ1v) is 7.21. The molecule has 1 aromatic carbocycles. The van der Waals surface area contributed by atoms with Gasteiger partial charge in [0.05, 0.1) is 6.10 Å². The standard InChI is InChI=1S/C16H25NO/c1-13-8-7-9-14(12-17-2)16(13)18-15-10-5-3-4-6-11-15/h7-9,15,17H,3-6,10-12H2,1-2H3. The molecule has 0 aliphatic heterocycles. The van der Waals surface area contributed by atoms with E-state index in [0.29, 0.717) is 6.10 Å². The van der Waals surface area contributed by atoms with E-state index in [-0.39, 0.29) is 0 Å². The van der Waals surface area contributed by atoms with E-state index in [2.05, 4.69) is 30.4 Å². The number of hydrogen-bond donors (Lipinski definition) is 1. The van der Waals surface area contributed by atoms with Crippen molar-refractivity contribution in [3.05, 3.63) is 29.3 Å². The molecule has 0 bridgehead atoms. The summed E-state index contributed by atoms with van der Waals surface area (Å²) in [5, 5.41) is 3.22. The predicted octanol–water partition coefficient (Wildman–Crippen LogP) is 3.82. The molecule has 1 aliphatic carbocycles. The number of aryl methyl sites for hydroxylation is 1. The summed E-state index contributed by atoms with van der Waals surface area (Å²) in [6.07, 6.45) is 8.23. The summed E-state index contributed by atoms with van der Waals surface area (Å²) in [5.74, 6) is 1.11. The predicted molar refractivity (Wildman–Crippen MR) is 76.1 cm³/mol. The number of nitrogens with one attached hydrogen (secondary N) is 1. The Morgan fingerprint density at radius 3 is 2.56 bits per heavy atom.